The van der Waals surface area contributed by atoms with Crippen molar-refractivity contribution in [2.45, 2.75) is 13.3 Å². The Morgan fingerprint density at radius 3 is 2.73 bits per heavy atom. The molecule has 0 aliphatic carbocycles. The highest BCUT2D eigenvalue weighted by Crippen LogP contribution is 2.07. The molecule has 1 rings (SSSR count). The van der Waals surface area contributed by atoms with Gasteiger partial charge in [0.15, 0.2) is 5.82 Å². The van der Waals surface area contributed by atoms with Gasteiger partial charge in [0.1, 0.15) is 0 Å². The summed E-state index contributed by atoms with van der Waals surface area (Å²) < 4.78 is 0. The van der Waals surface area contributed by atoms with Gasteiger partial charge in [0.2, 0.25) is 0 Å². The molecule has 0 radical (unpaired) electrons. The second kappa shape index (κ2) is 3.32. The normalized spacial score (nSPS) is 9.73. The molecule has 1 heterocycles. The summed E-state index contributed by atoms with van der Waals surface area (Å²) >= 11 is 0. The maximum Gasteiger partial charge on any atom is 0.150 e. The maximum atomic E-state index is 3.96. The summed E-state index contributed by atoms with van der Waals surface area (Å²) in [5.41, 5.74) is 1.23. The van der Waals surface area contributed by atoms with Gasteiger partial charge < -0.3 is 4.90 Å². The molecule has 0 aromatic carbocycles. The van der Waals surface area contributed by atoms with Crippen LogP contribution in [0, 0.1) is 0 Å². The van der Waals surface area contributed by atoms with Crippen LogP contribution in [0.3, 0.4) is 0 Å². The average molecular weight is 151 g/mol. The Kier molecular flexibility index (Phi) is 2.41. The lowest BCUT2D eigenvalue weighted by Gasteiger charge is -2.09. The first-order valence-electron chi connectivity index (χ1n) is 3.73. The van der Waals surface area contributed by atoms with Gasteiger partial charge in [-0.15, -0.1) is 5.10 Å². The van der Waals surface area contributed by atoms with Crippen LogP contribution in [0.2, 0.25) is 0 Å². The van der Waals surface area contributed by atoms with Crippen molar-refractivity contribution in [2.75, 3.05) is 19.0 Å². The van der Waals surface area contributed by atoms with Crippen LogP contribution in [0.25, 0.3) is 0 Å². The van der Waals surface area contributed by atoms with E-state index in [0.717, 1.165) is 12.2 Å². The first-order valence-corrected chi connectivity index (χ1v) is 3.73. The molecular formula is C8H13N3. The molecule has 0 bridgehead atoms. The van der Waals surface area contributed by atoms with Crippen LogP contribution in [-0.2, 0) is 6.42 Å². The van der Waals surface area contributed by atoms with Crippen molar-refractivity contribution in [1.82, 2.24) is 10.2 Å². The van der Waals surface area contributed by atoms with Gasteiger partial charge >= 0.3 is 0 Å². The highest BCUT2D eigenvalue weighted by Gasteiger charge is 1.97. The van der Waals surface area contributed by atoms with Gasteiger partial charge in [-0.05, 0) is 18.1 Å². The van der Waals surface area contributed by atoms with E-state index in [9.17, 15) is 0 Å². The minimum atomic E-state index is 0.921. The third-order valence-corrected chi connectivity index (χ3v) is 1.56. The molecule has 0 aliphatic heterocycles. The largest absolute Gasteiger partial charge is 0.361 e. The fraction of sp³-hybridized carbons (Fsp3) is 0.500. The summed E-state index contributed by atoms with van der Waals surface area (Å²) in [4.78, 5) is 1.95. The average Bonchev–Trinajstić information content (AvgIpc) is 2.05. The van der Waals surface area contributed by atoms with Crippen molar-refractivity contribution in [2.24, 2.45) is 0 Å². The molecule has 3 nitrogen and oxygen atoms in total. The van der Waals surface area contributed by atoms with Crippen molar-refractivity contribution in [1.29, 1.82) is 0 Å². The lowest BCUT2D eigenvalue weighted by molar-refractivity contribution is 0.936. The first kappa shape index (κ1) is 7.98. The zero-order valence-electron chi connectivity index (χ0n) is 7.20. The topological polar surface area (TPSA) is 29.0 Å². The fourth-order valence-corrected chi connectivity index (χ4v) is 0.806. The molecule has 1 aromatic heterocycles. The van der Waals surface area contributed by atoms with Gasteiger partial charge in [0, 0.05) is 14.1 Å². The van der Waals surface area contributed by atoms with Crippen LogP contribution in [-0.4, -0.2) is 24.3 Å². The first-order chi connectivity index (χ1) is 5.24. The molecule has 0 saturated carbocycles. The molecule has 11 heavy (non-hydrogen) atoms. The highest BCUT2D eigenvalue weighted by atomic mass is 15.2. The molecule has 0 N–H and O–H groups in total. The smallest absolute Gasteiger partial charge is 0.150 e. The lowest BCUT2D eigenvalue weighted by Crippen LogP contribution is -2.11. The third kappa shape index (κ3) is 1.90. The molecular weight excluding hydrogens is 138 g/mol. The van der Waals surface area contributed by atoms with Crippen molar-refractivity contribution in [3.8, 4) is 0 Å². The van der Waals surface area contributed by atoms with Gasteiger partial charge in [-0.3, -0.25) is 0 Å². The fourth-order valence-electron chi connectivity index (χ4n) is 0.806. The molecule has 0 aliphatic rings. The molecule has 1 aromatic rings. The second-order valence-electron chi connectivity index (χ2n) is 2.67. The molecule has 0 unspecified atom stereocenters. The van der Waals surface area contributed by atoms with Gasteiger partial charge in [-0.2, -0.15) is 5.10 Å². The van der Waals surface area contributed by atoms with Crippen LogP contribution in [0.1, 0.15) is 12.5 Å². The van der Waals surface area contributed by atoms with Crippen molar-refractivity contribution in [3.63, 3.8) is 0 Å². The maximum absolute atomic E-state index is 3.96. The predicted octanol–water partition coefficient (Wildman–Crippen LogP) is 1.10. The summed E-state index contributed by atoms with van der Waals surface area (Å²) in [5.74, 6) is 0.921. The van der Waals surface area contributed by atoms with Gasteiger partial charge in [-0.1, -0.05) is 6.92 Å². The Balaban J connectivity index is 2.91. The summed E-state index contributed by atoms with van der Waals surface area (Å²) in [6, 6.07) is 2.05. The number of rotatable bonds is 2. The Hall–Kier alpha value is -1.12. The van der Waals surface area contributed by atoms with Crippen molar-refractivity contribution >= 4 is 5.82 Å². The lowest BCUT2D eigenvalue weighted by atomic mass is 10.2. The molecule has 0 amide bonds. The SMILES string of the molecule is CCc1cnnc(N(C)C)c1. The van der Waals surface area contributed by atoms with Crippen LogP contribution in [0.15, 0.2) is 12.3 Å². The molecule has 60 valence electrons. The monoisotopic (exact) mass is 151 g/mol. The van der Waals surface area contributed by atoms with E-state index in [0.29, 0.717) is 0 Å². The molecule has 0 saturated heterocycles. The van der Waals surface area contributed by atoms with E-state index >= 15 is 0 Å². The Morgan fingerprint density at radius 2 is 2.18 bits per heavy atom. The number of aryl methyl sites for hydroxylation is 1. The number of aromatic nitrogens is 2. The van der Waals surface area contributed by atoms with Crippen LogP contribution < -0.4 is 4.90 Å². The Morgan fingerprint density at radius 1 is 1.45 bits per heavy atom. The Bertz CT molecular complexity index is 233. The molecule has 0 spiro atoms. The zero-order chi connectivity index (χ0) is 8.27. The van der Waals surface area contributed by atoms with Crippen LogP contribution in [0.5, 0.6) is 0 Å². The van der Waals surface area contributed by atoms with Gasteiger partial charge in [0.25, 0.3) is 0 Å². The van der Waals surface area contributed by atoms with E-state index in [1.54, 1.807) is 6.20 Å². The van der Waals surface area contributed by atoms with E-state index < -0.39 is 0 Å². The zero-order valence-corrected chi connectivity index (χ0v) is 7.20. The highest BCUT2D eigenvalue weighted by molar-refractivity contribution is 5.37. The molecule has 0 atom stereocenters. The van der Waals surface area contributed by atoms with Crippen LogP contribution >= 0.6 is 0 Å². The minimum Gasteiger partial charge on any atom is -0.361 e. The molecule has 3 heteroatoms. The minimum absolute atomic E-state index is 0.921. The number of hydrogen-bond donors (Lipinski definition) is 0. The van der Waals surface area contributed by atoms with E-state index in [-0.39, 0.29) is 0 Å². The predicted molar refractivity (Wildman–Crippen MR) is 45.7 cm³/mol. The van der Waals surface area contributed by atoms with Crippen molar-refractivity contribution in [3.05, 3.63) is 17.8 Å². The van der Waals surface area contributed by atoms with E-state index in [2.05, 4.69) is 17.1 Å². The number of anilines is 1. The summed E-state index contributed by atoms with van der Waals surface area (Å²) in [7, 11) is 3.92. The summed E-state index contributed by atoms with van der Waals surface area (Å²) in [5, 5.41) is 7.85. The van der Waals surface area contributed by atoms with E-state index in [1.165, 1.54) is 5.56 Å². The number of nitrogens with zero attached hydrogens (tertiary/aromatic N) is 3. The number of hydrogen-bond acceptors (Lipinski definition) is 3. The standard InChI is InChI=1S/C8H13N3/c1-4-7-5-8(11(2)3)10-9-6-7/h5-6H,4H2,1-3H3. The summed E-state index contributed by atoms with van der Waals surface area (Å²) in [6.45, 7) is 2.11. The van der Waals surface area contributed by atoms with Gasteiger partial charge in [0.05, 0.1) is 6.20 Å². The Labute approximate surface area is 67.1 Å². The van der Waals surface area contributed by atoms with Crippen molar-refractivity contribution < 1.29 is 0 Å². The van der Waals surface area contributed by atoms with Gasteiger partial charge in [-0.25, -0.2) is 0 Å². The summed E-state index contributed by atoms with van der Waals surface area (Å²) in [6.07, 6.45) is 2.81. The third-order valence-electron chi connectivity index (χ3n) is 1.56. The van der Waals surface area contributed by atoms with E-state index in [4.69, 9.17) is 0 Å². The molecule has 0 fully saturated rings. The quantitative estimate of drug-likeness (QED) is 0.634. The van der Waals surface area contributed by atoms with Crippen LogP contribution in [0.4, 0.5) is 5.82 Å². The van der Waals surface area contributed by atoms with E-state index in [1.807, 2.05) is 25.1 Å². The second-order valence-corrected chi connectivity index (χ2v) is 2.67.